The smallest absolute Gasteiger partial charge is 0.321 e. The maximum absolute atomic E-state index is 12.8. The Kier molecular flexibility index (Phi) is 4.83. The van der Waals surface area contributed by atoms with Crippen molar-refractivity contribution >= 4 is 22.5 Å². The van der Waals surface area contributed by atoms with E-state index in [1.165, 1.54) is 12.1 Å². The van der Waals surface area contributed by atoms with Crippen LogP contribution in [0, 0.1) is 11.3 Å². The van der Waals surface area contributed by atoms with Crippen molar-refractivity contribution in [3.05, 3.63) is 54.0 Å². The standard InChI is InChI=1S/C22H23F3N4O/c1-21(2,3)14-10-16(11-14)29-12-13-9-15(7-8-17(13)28-29)26-20(30)18-5-4-6-19(27-18)22(23,24)25/h4-9,12,14,16H,10-11H2,1-3H3,(H,26,30). The molecule has 1 aliphatic rings. The SMILES string of the molecule is CC(C)(C)C1CC(n2cc3cc(NC(=O)c4cccc(C(F)(F)F)n4)ccc3n2)C1. The van der Waals surface area contributed by atoms with E-state index in [1.807, 2.05) is 10.9 Å². The van der Waals surface area contributed by atoms with Crippen LogP contribution in [0.5, 0.6) is 0 Å². The zero-order chi connectivity index (χ0) is 21.7. The Balaban J connectivity index is 1.49. The largest absolute Gasteiger partial charge is 0.433 e. The average Bonchev–Trinajstić information content (AvgIpc) is 3.01. The number of hydrogen-bond donors (Lipinski definition) is 1. The highest BCUT2D eigenvalue weighted by Crippen LogP contribution is 2.47. The molecule has 30 heavy (non-hydrogen) atoms. The fraction of sp³-hybridized carbons (Fsp3) is 0.409. The van der Waals surface area contributed by atoms with Gasteiger partial charge in [0, 0.05) is 17.3 Å². The summed E-state index contributed by atoms with van der Waals surface area (Å²) in [6.45, 7) is 6.76. The van der Waals surface area contributed by atoms with Gasteiger partial charge in [-0.05, 0) is 54.5 Å². The molecular weight excluding hydrogens is 393 g/mol. The minimum Gasteiger partial charge on any atom is -0.321 e. The van der Waals surface area contributed by atoms with Crippen molar-refractivity contribution in [3.8, 4) is 0 Å². The van der Waals surface area contributed by atoms with Gasteiger partial charge in [0.1, 0.15) is 11.4 Å². The predicted molar refractivity (Wildman–Crippen MR) is 108 cm³/mol. The number of fused-ring (bicyclic) bond motifs is 1. The van der Waals surface area contributed by atoms with Crippen molar-refractivity contribution in [2.24, 2.45) is 11.3 Å². The number of carbonyl (C=O) groups is 1. The first-order valence-corrected chi connectivity index (χ1v) is 9.85. The average molecular weight is 416 g/mol. The predicted octanol–water partition coefficient (Wildman–Crippen LogP) is 5.70. The van der Waals surface area contributed by atoms with Crippen LogP contribution in [0.3, 0.4) is 0 Å². The van der Waals surface area contributed by atoms with Gasteiger partial charge in [0.05, 0.1) is 11.6 Å². The number of rotatable bonds is 3. The van der Waals surface area contributed by atoms with Crippen LogP contribution >= 0.6 is 0 Å². The van der Waals surface area contributed by atoms with Crippen molar-refractivity contribution in [2.45, 2.75) is 45.8 Å². The number of pyridine rings is 1. The second-order valence-corrected chi connectivity index (χ2v) is 8.93. The summed E-state index contributed by atoms with van der Waals surface area (Å²) in [5.41, 5.74) is 0.193. The van der Waals surface area contributed by atoms with Gasteiger partial charge >= 0.3 is 6.18 Å². The molecule has 0 atom stereocenters. The minimum atomic E-state index is -4.60. The number of nitrogens with one attached hydrogen (secondary N) is 1. The van der Waals surface area contributed by atoms with E-state index in [0.29, 0.717) is 17.6 Å². The van der Waals surface area contributed by atoms with Crippen LogP contribution in [0.25, 0.3) is 10.9 Å². The van der Waals surface area contributed by atoms with E-state index in [2.05, 4.69) is 36.2 Å². The zero-order valence-electron chi connectivity index (χ0n) is 17.0. The lowest BCUT2D eigenvalue weighted by Gasteiger charge is -2.43. The molecule has 1 aliphatic carbocycles. The molecule has 1 aromatic carbocycles. The fourth-order valence-corrected chi connectivity index (χ4v) is 3.73. The minimum absolute atomic E-state index is 0.289. The number of aromatic nitrogens is 3. The Morgan fingerprint density at radius 2 is 1.87 bits per heavy atom. The highest BCUT2D eigenvalue weighted by atomic mass is 19.4. The second kappa shape index (κ2) is 7.11. The molecule has 0 bridgehead atoms. The van der Waals surface area contributed by atoms with Crippen LogP contribution in [0.4, 0.5) is 18.9 Å². The van der Waals surface area contributed by atoms with E-state index in [9.17, 15) is 18.0 Å². The monoisotopic (exact) mass is 416 g/mol. The van der Waals surface area contributed by atoms with E-state index < -0.39 is 17.8 Å². The summed E-state index contributed by atoms with van der Waals surface area (Å²) in [6.07, 6.45) is -0.473. The summed E-state index contributed by atoms with van der Waals surface area (Å²) in [5, 5.41) is 8.12. The molecule has 1 fully saturated rings. The number of halogens is 3. The first-order chi connectivity index (χ1) is 14.0. The quantitative estimate of drug-likeness (QED) is 0.596. The van der Waals surface area contributed by atoms with Crippen LogP contribution < -0.4 is 5.32 Å². The molecule has 8 heteroatoms. The van der Waals surface area contributed by atoms with E-state index in [4.69, 9.17) is 0 Å². The topological polar surface area (TPSA) is 59.8 Å². The number of hydrogen-bond acceptors (Lipinski definition) is 3. The Bertz CT molecular complexity index is 1090. The third kappa shape index (κ3) is 4.04. The summed E-state index contributed by atoms with van der Waals surface area (Å²) in [6, 6.07) is 8.87. The van der Waals surface area contributed by atoms with Gasteiger partial charge in [0.15, 0.2) is 0 Å². The van der Waals surface area contributed by atoms with E-state index in [0.717, 1.165) is 29.8 Å². The van der Waals surface area contributed by atoms with Crippen molar-refractivity contribution < 1.29 is 18.0 Å². The lowest BCUT2D eigenvalue weighted by molar-refractivity contribution is -0.141. The van der Waals surface area contributed by atoms with Crippen LogP contribution in [0.15, 0.2) is 42.6 Å². The fourth-order valence-electron chi connectivity index (χ4n) is 3.73. The number of benzene rings is 1. The molecule has 4 rings (SSSR count). The van der Waals surface area contributed by atoms with Crippen molar-refractivity contribution in [1.82, 2.24) is 14.8 Å². The highest BCUT2D eigenvalue weighted by molar-refractivity contribution is 6.03. The Morgan fingerprint density at radius 3 is 2.53 bits per heavy atom. The lowest BCUT2D eigenvalue weighted by Crippen LogP contribution is -2.35. The maximum Gasteiger partial charge on any atom is 0.433 e. The van der Waals surface area contributed by atoms with Gasteiger partial charge in [-0.3, -0.25) is 9.48 Å². The third-order valence-corrected chi connectivity index (χ3v) is 5.76. The molecule has 0 aliphatic heterocycles. The lowest BCUT2D eigenvalue weighted by atomic mass is 9.66. The van der Waals surface area contributed by atoms with Gasteiger partial charge in [-0.15, -0.1) is 0 Å². The third-order valence-electron chi connectivity index (χ3n) is 5.76. The normalized spacial score (nSPS) is 19.5. The molecule has 0 spiro atoms. The van der Waals surface area contributed by atoms with Gasteiger partial charge in [-0.25, -0.2) is 4.98 Å². The molecule has 158 valence electrons. The highest BCUT2D eigenvalue weighted by Gasteiger charge is 2.38. The molecule has 0 radical (unpaired) electrons. The Labute approximate surface area is 172 Å². The number of alkyl halides is 3. The summed E-state index contributed by atoms with van der Waals surface area (Å²) in [5.74, 6) is -0.0236. The number of amides is 1. The molecule has 2 heterocycles. The van der Waals surface area contributed by atoms with E-state index >= 15 is 0 Å². The first kappa shape index (κ1) is 20.4. The Hall–Kier alpha value is -2.90. The number of anilines is 1. The second-order valence-electron chi connectivity index (χ2n) is 8.93. The molecule has 1 saturated carbocycles. The van der Waals surface area contributed by atoms with Crippen LogP contribution in [0.1, 0.15) is 55.8 Å². The van der Waals surface area contributed by atoms with Gasteiger partial charge in [-0.1, -0.05) is 26.8 Å². The summed E-state index contributed by atoms with van der Waals surface area (Å²) < 4.78 is 40.4. The van der Waals surface area contributed by atoms with Gasteiger partial charge in [-0.2, -0.15) is 18.3 Å². The summed E-state index contributed by atoms with van der Waals surface area (Å²) >= 11 is 0. The van der Waals surface area contributed by atoms with Gasteiger partial charge in [0.2, 0.25) is 0 Å². The molecule has 3 aromatic rings. The van der Waals surface area contributed by atoms with Crippen LogP contribution in [-0.2, 0) is 6.18 Å². The summed E-state index contributed by atoms with van der Waals surface area (Å²) in [4.78, 5) is 15.8. The van der Waals surface area contributed by atoms with Crippen molar-refractivity contribution in [1.29, 1.82) is 0 Å². The van der Waals surface area contributed by atoms with E-state index in [1.54, 1.807) is 18.2 Å². The number of nitrogens with zero attached hydrogens (tertiary/aromatic N) is 3. The van der Waals surface area contributed by atoms with Gasteiger partial charge in [0.25, 0.3) is 5.91 Å². The molecular formula is C22H23F3N4O. The van der Waals surface area contributed by atoms with Crippen LogP contribution in [-0.4, -0.2) is 20.7 Å². The zero-order valence-corrected chi connectivity index (χ0v) is 17.0. The molecule has 0 unspecified atom stereocenters. The molecule has 1 N–H and O–H groups in total. The Morgan fingerprint density at radius 1 is 1.13 bits per heavy atom. The molecule has 5 nitrogen and oxygen atoms in total. The van der Waals surface area contributed by atoms with Gasteiger partial charge < -0.3 is 5.32 Å². The van der Waals surface area contributed by atoms with Crippen molar-refractivity contribution in [2.75, 3.05) is 5.32 Å². The number of carbonyl (C=O) groups excluding carboxylic acids is 1. The molecule has 2 aromatic heterocycles. The maximum atomic E-state index is 12.8. The molecule has 0 saturated heterocycles. The molecule has 1 amide bonds. The van der Waals surface area contributed by atoms with Crippen molar-refractivity contribution in [3.63, 3.8) is 0 Å². The van der Waals surface area contributed by atoms with Crippen LogP contribution in [0.2, 0.25) is 0 Å². The first-order valence-electron chi connectivity index (χ1n) is 9.85. The summed E-state index contributed by atoms with van der Waals surface area (Å²) in [7, 11) is 0. The van der Waals surface area contributed by atoms with E-state index in [-0.39, 0.29) is 11.1 Å².